The van der Waals surface area contributed by atoms with E-state index < -0.39 is 0 Å². The number of hydrogen-bond acceptors (Lipinski definition) is 6. The van der Waals surface area contributed by atoms with Crippen LogP contribution in [0.25, 0.3) is 0 Å². The Labute approximate surface area is 131 Å². The van der Waals surface area contributed by atoms with Crippen LogP contribution in [0, 0.1) is 0 Å². The number of hydrogen-bond donors (Lipinski definition) is 0. The summed E-state index contributed by atoms with van der Waals surface area (Å²) >= 11 is 12.0. The molecule has 0 N–H and O–H groups in total. The molecule has 2 rings (SSSR count). The summed E-state index contributed by atoms with van der Waals surface area (Å²) in [5.74, 6) is 0.232. The number of methoxy groups -OCH3 is 2. The van der Waals surface area contributed by atoms with Crippen LogP contribution in [0.15, 0.2) is 18.5 Å². The topological polar surface area (TPSA) is 74.2 Å². The lowest BCUT2D eigenvalue weighted by atomic mass is 10.1. The van der Waals surface area contributed by atoms with Crippen LogP contribution in [-0.4, -0.2) is 35.2 Å². The Morgan fingerprint density at radius 3 is 2.38 bits per heavy atom. The van der Waals surface area contributed by atoms with Crippen LogP contribution in [0.4, 0.5) is 0 Å². The molecule has 0 radical (unpaired) electrons. The van der Waals surface area contributed by atoms with Gasteiger partial charge in [-0.05, 0) is 0 Å². The standard InChI is InChI=1S/C13H11Cl2N3O3/c1-20-12-4-10(17-18-13(12)21-2)11(19)3-7-8(14)5-16-6-9(7)15/h4-6H,3H2,1-2H3. The number of pyridine rings is 1. The minimum absolute atomic E-state index is 0.00957. The number of rotatable bonds is 5. The molecule has 2 aromatic heterocycles. The summed E-state index contributed by atoms with van der Waals surface area (Å²) in [6, 6.07) is 1.46. The molecule has 0 unspecified atom stereocenters. The van der Waals surface area contributed by atoms with E-state index in [1.165, 1.54) is 32.7 Å². The monoisotopic (exact) mass is 327 g/mol. The van der Waals surface area contributed by atoms with Gasteiger partial charge in [-0.1, -0.05) is 23.2 Å². The van der Waals surface area contributed by atoms with Gasteiger partial charge in [-0.25, -0.2) is 0 Å². The summed E-state index contributed by atoms with van der Waals surface area (Å²) < 4.78 is 10.0. The maximum absolute atomic E-state index is 12.2. The first-order valence-corrected chi connectivity index (χ1v) is 6.59. The highest BCUT2D eigenvalue weighted by Gasteiger charge is 2.17. The average molecular weight is 328 g/mol. The average Bonchev–Trinajstić information content (AvgIpc) is 2.50. The van der Waals surface area contributed by atoms with Crippen molar-refractivity contribution in [2.45, 2.75) is 6.42 Å². The molecule has 0 aliphatic rings. The first-order valence-electron chi connectivity index (χ1n) is 5.83. The van der Waals surface area contributed by atoms with E-state index in [1.54, 1.807) is 0 Å². The normalized spacial score (nSPS) is 10.3. The van der Waals surface area contributed by atoms with E-state index >= 15 is 0 Å². The van der Waals surface area contributed by atoms with Gasteiger partial charge in [0.25, 0.3) is 5.88 Å². The first kappa shape index (κ1) is 15.5. The van der Waals surface area contributed by atoms with E-state index in [9.17, 15) is 4.79 Å². The largest absolute Gasteiger partial charge is 0.491 e. The van der Waals surface area contributed by atoms with Crippen molar-refractivity contribution in [3.05, 3.63) is 39.8 Å². The zero-order valence-corrected chi connectivity index (χ0v) is 12.8. The molecule has 0 aliphatic carbocycles. The van der Waals surface area contributed by atoms with Crippen LogP contribution in [-0.2, 0) is 6.42 Å². The summed E-state index contributed by atoms with van der Waals surface area (Å²) in [6.07, 6.45) is 2.84. The minimum atomic E-state index is -0.293. The second-order valence-electron chi connectivity index (χ2n) is 3.99. The number of aromatic nitrogens is 3. The predicted molar refractivity (Wildman–Crippen MR) is 77.4 cm³/mol. The molecule has 2 heterocycles. The molecular weight excluding hydrogens is 317 g/mol. The maximum atomic E-state index is 12.2. The molecule has 0 bridgehead atoms. The minimum Gasteiger partial charge on any atom is -0.491 e. The molecule has 6 nitrogen and oxygen atoms in total. The van der Waals surface area contributed by atoms with Crippen molar-refractivity contribution in [3.63, 3.8) is 0 Å². The molecule has 21 heavy (non-hydrogen) atoms. The summed E-state index contributed by atoms with van der Waals surface area (Å²) in [4.78, 5) is 16.1. The third kappa shape index (κ3) is 3.40. The number of Topliss-reactive ketones (excluding diaryl/α,β-unsaturated/α-hetero) is 1. The van der Waals surface area contributed by atoms with Gasteiger partial charge in [-0.3, -0.25) is 9.78 Å². The van der Waals surface area contributed by atoms with Crippen molar-refractivity contribution in [1.82, 2.24) is 15.2 Å². The van der Waals surface area contributed by atoms with E-state index in [0.29, 0.717) is 21.4 Å². The van der Waals surface area contributed by atoms with E-state index in [4.69, 9.17) is 32.7 Å². The first-order chi connectivity index (χ1) is 10.1. The Bertz CT molecular complexity index is 659. The molecule has 110 valence electrons. The lowest BCUT2D eigenvalue weighted by molar-refractivity contribution is 0.0986. The summed E-state index contributed by atoms with van der Waals surface area (Å²) in [5.41, 5.74) is 0.631. The van der Waals surface area contributed by atoms with Crippen molar-refractivity contribution in [2.24, 2.45) is 0 Å². The van der Waals surface area contributed by atoms with Crippen LogP contribution >= 0.6 is 23.2 Å². The van der Waals surface area contributed by atoms with Crippen LogP contribution < -0.4 is 9.47 Å². The number of ketones is 1. The van der Waals surface area contributed by atoms with Crippen LogP contribution in [0.2, 0.25) is 10.0 Å². The second kappa shape index (κ2) is 6.69. The summed E-state index contributed by atoms with van der Waals surface area (Å²) in [5, 5.41) is 8.23. The van der Waals surface area contributed by atoms with Gasteiger partial charge in [-0.15, -0.1) is 10.2 Å². The van der Waals surface area contributed by atoms with Gasteiger partial charge in [0.05, 0.1) is 24.3 Å². The van der Waals surface area contributed by atoms with Crippen LogP contribution in [0.1, 0.15) is 16.1 Å². The van der Waals surface area contributed by atoms with Gasteiger partial charge in [0, 0.05) is 30.4 Å². The molecule has 0 aliphatic heterocycles. The van der Waals surface area contributed by atoms with Crippen molar-refractivity contribution in [1.29, 1.82) is 0 Å². The van der Waals surface area contributed by atoms with Crippen molar-refractivity contribution < 1.29 is 14.3 Å². The van der Waals surface area contributed by atoms with Crippen molar-refractivity contribution in [3.8, 4) is 11.6 Å². The Morgan fingerprint density at radius 2 is 1.81 bits per heavy atom. The van der Waals surface area contributed by atoms with E-state index in [1.807, 2.05) is 0 Å². The lowest BCUT2D eigenvalue weighted by Gasteiger charge is -2.08. The SMILES string of the molecule is COc1cc(C(=O)Cc2c(Cl)cncc2Cl)nnc1OC. The second-order valence-corrected chi connectivity index (χ2v) is 4.80. The molecule has 0 atom stereocenters. The zero-order valence-electron chi connectivity index (χ0n) is 11.3. The Hall–Kier alpha value is -1.92. The number of nitrogens with zero attached hydrogens (tertiary/aromatic N) is 3. The van der Waals surface area contributed by atoms with Gasteiger partial charge in [0.2, 0.25) is 0 Å². The Kier molecular flexibility index (Phi) is 4.93. The quantitative estimate of drug-likeness (QED) is 0.786. The highest BCUT2D eigenvalue weighted by molar-refractivity contribution is 6.36. The molecule has 0 fully saturated rings. The fourth-order valence-electron chi connectivity index (χ4n) is 1.65. The molecule has 8 heteroatoms. The smallest absolute Gasteiger partial charge is 0.276 e. The Morgan fingerprint density at radius 1 is 1.14 bits per heavy atom. The highest BCUT2D eigenvalue weighted by Crippen LogP contribution is 2.26. The van der Waals surface area contributed by atoms with Gasteiger partial charge in [-0.2, -0.15) is 0 Å². The van der Waals surface area contributed by atoms with Gasteiger partial charge >= 0.3 is 0 Å². The van der Waals surface area contributed by atoms with Gasteiger partial charge in [0.15, 0.2) is 11.5 Å². The number of halogens is 2. The fraction of sp³-hybridized carbons (Fsp3) is 0.231. The molecule has 0 saturated heterocycles. The number of carbonyl (C=O) groups excluding carboxylic acids is 1. The number of ether oxygens (including phenoxy) is 2. The summed E-state index contributed by atoms with van der Waals surface area (Å²) in [7, 11) is 2.88. The van der Waals surface area contributed by atoms with Gasteiger partial charge in [0.1, 0.15) is 5.69 Å². The Balaban J connectivity index is 2.29. The predicted octanol–water partition coefficient (Wildman–Crippen LogP) is 2.62. The number of carbonyl (C=O) groups is 1. The third-order valence-corrected chi connectivity index (χ3v) is 3.37. The van der Waals surface area contributed by atoms with Crippen LogP contribution in [0.5, 0.6) is 11.6 Å². The molecule has 0 aromatic carbocycles. The molecular formula is C13H11Cl2N3O3. The molecule has 2 aromatic rings. The van der Waals surface area contributed by atoms with Gasteiger partial charge < -0.3 is 9.47 Å². The van der Waals surface area contributed by atoms with Crippen LogP contribution in [0.3, 0.4) is 0 Å². The van der Waals surface area contributed by atoms with Crippen molar-refractivity contribution >= 4 is 29.0 Å². The zero-order chi connectivity index (χ0) is 15.4. The van der Waals surface area contributed by atoms with E-state index in [-0.39, 0.29) is 23.8 Å². The fourth-order valence-corrected chi connectivity index (χ4v) is 2.14. The third-order valence-electron chi connectivity index (χ3n) is 2.72. The lowest BCUT2D eigenvalue weighted by Crippen LogP contribution is -2.09. The molecule has 0 amide bonds. The highest BCUT2D eigenvalue weighted by atomic mass is 35.5. The summed E-state index contributed by atoms with van der Waals surface area (Å²) in [6.45, 7) is 0. The molecule has 0 spiro atoms. The van der Waals surface area contributed by atoms with E-state index in [0.717, 1.165) is 0 Å². The van der Waals surface area contributed by atoms with E-state index in [2.05, 4.69) is 15.2 Å². The molecule has 0 saturated carbocycles. The maximum Gasteiger partial charge on any atom is 0.276 e. The van der Waals surface area contributed by atoms with Crippen molar-refractivity contribution in [2.75, 3.05) is 14.2 Å².